The number of likely N-dealkylation sites (tertiary alicyclic amines) is 1. The molecule has 5 nitrogen and oxygen atoms in total. The number of methoxy groups -OCH3 is 1. The SMILES string of the molecule is COC/C=C1/C(N2CCCCC2)c2c(C)cccc2N1S(=O)(=O)c1ccc(C)cc1. The molecule has 0 saturated carbocycles. The molecule has 6 heteroatoms. The molecule has 160 valence electrons. The molecule has 2 aromatic carbocycles. The number of hydrogen-bond donors (Lipinski definition) is 0. The lowest BCUT2D eigenvalue weighted by atomic mass is 9.97. The van der Waals surface area contributed by atoms with E-state index in [1.807, 2.05) is 37.3 Å². The average molecular weight is 427 g/mol. The third kappa shape index (κ3) is 3.68. The van der Waals surface area contributed by atoms with Gasteiger partial charge in [-0.3, -0.25) is 4.90 Å². The third-order valence-electron chi connectivity index (χ3n) is 6.08. The molecule has 2 aliphatic heterocycles. The van der Waals surface area contributed by atoms with Crippen molar-refractivity contribution in [2.45, 2.75) is 44.0 Å². The van der Waals surface area contributed by atoms with Crippen molar-refractivity contribution in [2.24, 2.45) is 0 Å². The number of benzene rings is 2. The molecule has 2 aliphatic rings. The lowest BCUT2D eigenvalue weighted by Gasteiger charge is -2.34. The fraction of sp³-hybridized carbons (Fsp3) is 0.417. The average Bonchev–Trinajstić information content (AvgIpc) is 3.09. The van der Waals surface area contributed by atoms with E-state index in [0.29, 0.717) is 11.5 Å². The van der Waals surface area contributed by atoms with E-state index in [1.165, 1.54) is 6.42 Å². The van der Waals surface area contributed by atoms with Gasteiger partial charge >= 0.3 is 0 Å². The van der Waals surface area contributed by atoms with E-state index in [-0.39, 0.29) is 6.04 Å². The number of anilines is 1. The van der Waals surface area contributed by atoms with Crippen molar-refractivity contribution in [1.29, 1.82) is 0 Å². The Balaban J connectivity index is 1.90. The second kappa shape index (κ2) is 8.53. The largest absolute Gasteiger partial charge is 0.381 e. The van der Waals surface area contributed by atoms with Crippen molar-refractivity contribution in [3.05, 3.63) is 70.9 Å². The standard InChI is InChI=1S/C24H30N2O3S/c1-18-10-12-20(13-11-18)30(27,28)26-21-9-7-8-19(2)23(21)24(22(26)14-17-29-3)25-15-5-4-6-16-25/h7-14,24H,4-6,15-17H2,1-3H3/b22-14-. The van der Waals surface area contributed by atoms with Gasteiger partial charge in [0.1, 0.15) is 0 Å². The van der Waals surface area contributed by atoms with E-state index < -0.39 is 10.0 Å². The molecule has 1 fully saturated rings. The van der Waals surface area contributed by atoms with Crippen LogP contribution < -0.4 is 4.31 Å². The van der Waals surface area contributed by atoms with Crippen LogP contribution in [0.1, 0.15) is 42.0 Å². The summed E-state index contributed by atoms with van der Waals surface area (Å²) in [5, 5.41) is 0. The summed E-state index contributed by atoms with van der Waals surface area (Å²) in [6.07, 6.45) is 5.44. The van der Waals surface area contributed by atoms with Gasteiger partial charge in [0.15, 0.2) is 0 Å². The minimum absolute atomic E-state index is 0.0723. The van der Waals surface area contributed by atoms with Crippen LogP contribution in [0.2, 0.25) is 0 Å². The Kier molecular flexibility index (Phi) is 6.00. The third-order valence-corrected chi connectivity index (χ3v) is 7.84. The Morgan fingerprint density at radius 2 is 1.73 bits per heavy atom. The molecule has 0 aromatic heterocycles. The summed E-state index contributed by atoms with van der Waals surface area (Å²) in [4.78, 5) is 2.74. The van der Waals surface area contributed by atoms with E-state index in [4.69, 9.17) is 4.74 Å². The molecule has 30 heavy (non-hydrogen) atoms. The fourth-order valence-electron chi connectivity index (χ4n) is 4.59. The second-order valence-corrected chi connectivity index (χ2v) is 9.96. The van der Waals surface area contributed by atoms with Crippen molar-refractivity contribution >= 4 is 15.7 Å². The topological polar surface area (TPSA) is 49.9 Å². The van der Waals surface area contributed by atoms with Gasteiger partial charge < -0.3 is 4.74 Å². The molecule has 2 heterocycles. The Morgan fingerprint density at radius 3 is 2.40 bits per heavy atom. The van der Waals surface area contributed by atoms with Crippen LogP contribution in [0.4, 0.5) is 5.69 Å². The number of nitrogens with zero attached hydrogens (tertiary/aromatic N) is 2. The van der Waals surface area contributed by atoms with Gasteiger partial charge in [-0.05, 0) is 69.6 Å². The number of aryl methyl sites for hydroxylation is 2. The first kappa shape index (κ1) is 21.1. The summed E-state index contributed by atoms with van der Waals surface area (Å²) in [6, 6.07) is 13.0. The quantitative estimate of drug-likeness (QED) is 0.703. The maximum absolute atomic E-state index is 13.8. The van der Waals surface area contributed by atoms with Crippen molar-refractivity contribution < 1.29 is 13.2 Å². The maximum Gasteiger partial charge on any atom is 0.268 e. The molecular formula is C24H30N2O3S. The fourth-order valence-corrected chi connectivity index (χ4v) is 6.15. The molecule has 0 N–H and O–H groups in total. The van der Waals surface area contributed by atoms with Crippen LogP contribution in [0.3, 0.4) is 0 Å². The molecule has 2 aromatic rings. The number of piperidine rings is 1. The smallest absolute Gasteiger partial charge is 0.268 e. The maximum atomic E-state index is 13.8. The minimum Gasteiger partial charge on any atom is -0.381 e. The Morgan fingerprint density at radius 1 is 1.03 bits per heavy atom. The zero-order valence-corrected chi connectivity index (χ0v) is 18.8. The van der Waals surface area contributed by atoms with E-state index in [0.717, 1.165) is 54.0 Å². The van der Waals surface area contributed by atoms with E-state index >= 15 is 0 Å². The van der Waals surface area contributed by atoms with Crippen LogP contribution in [0.5, 0.6) is 0 Å². The molecular weight excluding hydrogens is 396 g/mol. The second-order valence-electron chi connectivity index (χ2n) is 8.17. The summed E-state index contributed by atoms with van der Waals surface area (Å²) < 4.78 is 34.6. The lowest BCUT2D eigenvalue weighted by molar-refractivity contribution is 0.185. The van der Waals surface area contributed by atoms with Gasteiger partial charge in [-0.1, -0.05) is 36.2 Å². The molecule has 0 radical (unpaired) electrons. The Bertz CT molecular complexity index is 1040. The van der Waals surface area contributed by atoms with E-state index in [9.17, 15) is 8.42 Å². The summed E-state index contributed by atoms with van der Waals surface area (Å²) in [5.74, 6) is 0. The van der Waals surface area contributed by atoms with E-state index in [2.05, 4.69) is 17.9 Å². The number of hydrogen-bond acceptors (Lipinski definition) is 4. The zero-order chi connectivity index (χ0) is 21.3. The van der Waals surface area contributed by atoms with Gasteiger partial charge in [-0.2, -0.15) is 0 Å². The number of fused-ring (bicyclic) bond motifs is 1. The van der Waals surface area contributed by atoms with Gasteiger partial charge in [0.05, 0.1) is 28.9 Å². The number of ether oxygens (including phenoxy) is 1. The van der Waals surface area contributed by atoms with E-state index in [1.54, 1.807) is 23.5 Å². The predicted molar refractivity (Wildman–Crippen MR) is 120 cm³/mol. The van der Waals surface area contributed by atoms with Crippen LogP contribution in [0, 0.1) is 13.8 Å². The van der Waals surface area contributed by atoms with Gasteiger partial charge in [0.2, 0.25) is 0 Å². The number of rotatable bonds is 5. The molecule has 0 amide bonds. The first-order valence-electron chi connectivity index (χ1n) is 10.6. The predicted octanol–water partition coefficient (Wildman–Crippen LogP) is 4.57. The molecule has 0 bridgehead atoms. The van der Waals surface area contributed by atoms with Gasteiger partial charge in [-0.25, -0.2) is 12.7 Å². The van der Waals surface area contributed by atoms with Crippen molar-refractivity contribution in [1.82, 2.24) is 4.90 Å². The summed E-state index contributed by atoms with van der Waals surface area (Å²) in [6.45, 7) is 6.35. The lowest BCUT2D eigenvalue weighted by Crippen LogP contribution is -2.37. The Labute approximate surface area is 180 Å². The molecule has 0 aliphatic carbocycles. The summed E-state index contributed by atoms with van der Waals surface area (Å²) in [5.41, 5.74) is 4.79. The monoisotopic (exact) mass is 426 g/mol. The van der Waals surface area contributed by atoms with Gasteiger partial charge in [-0.15, -0.1) is 0 Å². The molecule has 1 unspecified atom stereocenters. The number of sulfonamides is 1. The van der Waals surface area contributed by atoms with Gasteiger partial charge in [0, 0.05) is 12.7 Å². The van der Waals surface area contributed by atoms with Crippen LogP contribution in [0.25, 0.3) is 0 Å². The summed E-state index contributed by atoms with van der Waals surface area (Å²) in [7, 11) is -2.12. The molecule has 4 rings (SSSR count). The van der Waals surface area contributed by atoms with Crippen molar-refractivity contribution in [3.63, 3.8) is 0 Å². The highest BCUT2D eigenvalue weighted by Crippen LogP contribution is 2.49. The van der Waals surface area contributed by atoms with Crippen molar-refractivity contribution in [2.75, 3.05) is 31.1 Å². The Hall–Kier alpha value is -2.15. The normalized spacial score (nSPS) is 21.2. The summed E-state index contributed by atoms with van der Waals surface area (Å²) >= 11 is 0. The van der Waals surface area contributed by atoms with Crippen LogP contribution in [0.15, 0.2) is 59.1 Å². The van der Waals surface area contributed by atoms with Crippen LogP contribution in [-0.4, -0.2) is 40.1 Å². The first-order valence-corrected chi connectivity index (χ1v) is 12.0. The highest BCUT2D eigenvalue weighted by molar-refractivity contribution is 7.93. The highest BCUT2D eigenvalue weighted by atomic mass is 32.2. The van der Waals surface area contributed by atoms with Gasteiger partial charge in [0.25, 0.3) is 10.0 Å². The minimum atomic E-state index is -3.75. The van der Waals surface area contributed by atoms with Crippen LogP contribution >= 0.6 is 0 Å². The molecule has 1 atom stereocenters. The molecule has 1 saturated heterocycles. The first-order chi connectivity index (χ1) is 14.4. The molecule has 0 spiro atoms. The van der Waals surface area contributed by atoms with Crippen molar-refractivity contribution in [3.8, 4) is 0 Å². The zero-order valence-electron chi connectivity index (χ0n) is 18.0. The highest BCUT2D eigenvalue weighted by Gasteiger charge is 2.44. The van der Waals surface area contributed by atoms with Crippen LogP contribution in [-0.2, 0) is 14.8 Å².